The largest absolute Gasteiger partial charge is 0.369 e. The minimum atomic E-state index is 0.535. The molecular weight excluding hydrogens is 234 g/mol. The summed E-state index contributed by atoms with van der Waals surface area (Å²) in [6.07, 6.45) is 0. The van der Waals surface area contributed by atoms with Gasteiger partial charge in [-0.2, -0.15) is 0 Å². The van der Waals surface area contributed by atoms with Crippen molar-refractivity contribution in [3.05, 3.63) is 53.1 Å². The van der Waals surface area contributed by atoms with E-state index in [9.17, 15) is 0 Å². The molecule has 0 atom stereocenters. The molecule has 0 saturated carbocycles. The summed E-state index contributed by atoms with van der Waals surface area (Å²) in [5.41, 5.74) is 12.8. The molecule has 0 aliphatic carbocycles. The zero-order valence-corrected chi connectivity index (χ0v) is 11.4. The third kappa shape index (κ3) is 1.87. The summed E-state index contributed by atoms with van der Waals surface area (Å²) in [6, 6.07) is 12.6. The molecule has 0 spiro atoms. The topological polar surface area (TPSA) is 43.8 Å². The normalized spacial score (nSPS) is 11.1. The van der Waals surface area contributed by atoms with E-state index in [2.05, 4.69) is 56.1 Å². The van der Waals surface area contributed by atoms with Crippen molar-refractivity contribution in [2.75, 3.05) is 5.73 Å². The second-order valence-electron chi connectivity index (χ2n) is 5.09. The van der Waals surface area contributed by atoms with Gasteiger partial charge in [0.2, 0.25) is 5.95 Å². The molecule has 96 valence electrons. The third-order valence-corrected chi connectivity index (χ3v) is 3.43. The van der Waals surface area contributed by atoms with Crippen LogP contribution in [0.25, 0.3) is 16.7 Å². The number of nitrogens with zero attached hydrogens (tertiary/aromatic N) is 2. The first-order valence-corrected chi connectivity index (χ1v) is 6.38. The first kappa shape index (κ1) is 11.8. The standard InChI is InChI=1S/C16H17N3/c1-10-5-7-14(12(3)8-10)19-15-9-11(2)4-6-13(15)18-16(19)17/h4-9H,1-3H3,(H2,17,18). The van der Waals surface area contributed by atoms with Crippen LogP contribution < -0.4 is 5.73 Å². The minimum Gasteiger partial charge on any atom is -0.369 e. The lowest BCUT2D eigenvalue weighted by molar-refractivity contribution is 1.08. The fraction of sp³-hybridized carbons (Fsp3) is 0.188. The molecule has 0 bridgehead atoms. The van der Waals surface area contributed by atoms with E-state index in [1.807, 2.05) is 10.6 Å². The molecule has 2 aromatic carbocycles. The van der Waals surface area contributed by atoms with Gasteiger partial charge in [0.15, 0.2) is 0 Å². The van der Waals surface area contributed by atoms with E-state index in [1.54, 1.807) is 0 Å². The molecule has 3 rings (SSSR count). The van der Waals surface area contributed by atoms with Crippen LogP contribution in [0.1, 0.15) is 16.7 Å². The number of aromatic nitrogens is 2. The summed E-state index contributed by atoms with van der Waals surface area (Å²) >= 11 is 0. The number of nitrogens with two attached hydrogens (primary N) is 1. The Kier molecular flexibility index (Phi) is 2.56. The van der Waals surface area contributed by atoms with Crippen LogP contribution in [0.15, 0.2) is 36.4 Å². The fourth-order valence-electron chi connectivity index (χ4n) is 2.51. The SMILES string of the molecule is Cc1ccc(-n2c(N)nc3ccc(C)cc32)c(C)c1. The number of imidazole rings is 1. The maximum atomic E-state index is 6.09. The molecule has 2 N–H and O–H groups in total. The molecule has 1 aromatic heterocycles. The monoisotopic (exact) mass is 251 g/mol. The van der Waals surface area contributed by atoms with Gasteiger partial charge >= 0.3 is 0 Å². The maximum absolute atomic E-state index is 6.09. The highest BCUT2D eigenvalue weighted by atomic mass is 15.2. The predicted molar refractivity (Wildman–Crippen MR) is 79.7 cm³/mol. The van der Waals surface area contributed by atoms with Gasteiger partial charge < -0.3 is 5.73 Å². The van der Waals surface area contributed by atoms with Gasteiger partial charge in [0.25, 0.3) is 0 Å². The highest BCUT2D eigenvalue weighted by Crippen LogP contribution is 2.26. The molecule has 19 heavy (non-hydrogen) atoms. The van der Waals surface area contributed by atoms with E-state index in [0.717, 1.165) is 16.7 Å². The zero-order valence-electron chi connectivity index (χ0n) is 11.4. The quantitative estimate of drug-likeness (QED) is 0.719. The number of hydrogen-bond donors (Lipinski definition) is 1. The summed E-state index contributed by atoms with van der Waals surface area (Å²) < 4.78 is 2.02. The lowest BCUT2D eigenvalue weighted by atomic mass is 10.1. The lowest BCUT2D eigenvalue weighted by Gasteiger charge is -2.11. The van der Waals surface area contributed by atoms with Crippen LogP contribution in [0.5, 0.6) is 0 Å². The predicted octanol–water partition coefficient (Wildman–Crippen LogP) is 3.53. The molecule has 0 radical (unpaired) electrons. The Morgan fingerprint density at radius 1 is 0.947 bits per heavy atom. The van der Waals surface area contributed by atoms with Gasteiger partial charge in [0, 0.05) is 0 Å². The molecule has 1 heterocycles. The van der Waals surface area contributed by atoms with E-state index in [4.69, 9.17) is 5.73 Å². The molecule has 0 unspecified atom stereocenters. The molecule has 0 saturated heterocycles. The van der Waals surface area contributed by atoms with E-state index in [-0.39, 0.29) is 0 Å². The van der Waals surface area contributed by atoms with Gasteiger partial charge in [0.1, 0.15) is 0 Å². The van der Waals surface area contributed by atoms with Gasteiger partial charge in [-0.05, 0) is 50.1 Å². The Bertz CT molecular complexity index is 769. The van der Waals surface area contributed by atoms with Gasteiger partial charge in [-0.3, -0.25) is 4.57 Å². The van der Waals surface area contributed by atoms with E-state index < -0.39 is 0 Å². The summed E-state index contributed by atoms with van der Waals surface area (Å²) in [5.74, 6) is 0.535. The van der Waals surface area contributed by atoms with Crippen molar-refractivity contribution >= 4 is 17.0 Å². The van der Waals surface area contributed by atoms with Crippen LogP contribution in [-0.2, 0) is 0 Å². The van der Waals surface area contributed by atoms with Crippen molar-refractivity contribution in [3.63, 3.8) is 0 Å². The minimum absolute atomic E-state index is 0.535. The average Bonchev–Trinajstić information content (AvgIpc) is 2.65. The van der Waals surface area contributed by atoms with E-state index >= 15 is 0 Å². The molecule has 0 aliphatic heterocycles. The molecule has 0 aliphatic rings. The highest BCUT2D eigenvalue weighted by Gasteiger charge is 2.11. The smallest absolute Gasteiger partial charge is 0.205 e. The number of anilines is 1. The Morgan fingerprint density at radius 2 is 1.63 bits per heavy atom. The number of hydrogen-bond acceptors (Lipinski definition) is 2. The Balaban J connectivity index is 2.35. The number of aryl methyl sites for hydroxylation is 3. The molecule has 3 aromatic rings. The molecule has 3 nitrogen and oxygen atoms in total. The summed E-state index contributed by atoms with van der Waals surface area (Å²) in [7, 11) is 0. The van der Waals surface area contributed by atoms with Gasteiger partial charge in [0.05, 0.1) is 16.7 Å². The fourth-order valence-corrected chi connectivity index (χ4v) is 2.51. The average molecular weight is 251 g/mol. The van der Waals surface area contributed by atoms with Crippen molar-refractivity contribution in [1.29, 1.82) is 0 Å². The number of benzene rings is 2. The molecule has 0 amide bonds. The Labute approximate surface area is 112 Å². The number of fused-ring (bicyclic) bond motifs is 1. The van der Waals surface area contributed by atoms with Gasteiger partial charge in [-0.15, -0.1) is 0 Å². The lowest BCUT2D eigenvalue weighted by Crippen LogP contribution is -2.02. The van der Waals surface area contributed by atoms with Crippen molar-refractivity contribution in [3.8, 4) is 5.69 Å². The van der Waals surface area contributed by atoms with Gasteiger partial charge in [-0.1, -0.05) is 23.8 Å². The van der Waals surface area contributed by atoms with Crippen molar-refractivity contribution in [2.45, 2.75) is 20.8 Å². The zero-order chi connectivity index (χ0) is 13.6. The van der Waals surface area contributed by atoms with Crippen LogP contribution in [0.2, 0.25) is 0 Å². The summed E-state index contributed by atoms with van der Waals surface area (Å²) in [5, 5.41) is 0. The highest BCUT2D eigenvalue weighted by molar-refractivity contribution is 5.81. The Hall–Kier alpha value is -2.29. The maximum Gasteiger partial charge on any atom is 0.205 e. The third-order valence-electron chi connectivity index (χ3n) is 3.43. The summed E-state index contributed by atoms with van der Waals surface area (Å²) in [6.45, 7) is 6.27. The molecular formula is C16H17N3. The number of rotatable bonds is 1. The second-order valence-corrected chi connectivity index (χ2v) is 5.09. The Morgan fingerprint density at radius 3 is 2.37 bits per heavy atom. The summed E-state index contributed by atoms with van der Waals surface area (Å²) in [4.78, 5) is 4.43. The second kappa shape index (κ2) is 4.12. The van der Waals surface area contributed by atoms with E-state index in [0.29, 0.717) is 5.95 Å². The van der Waals surface area contributed by atoms with Crippen LogP contribution in [0.3, 0.4) is 0 Å². The number of nitrogen functional groups attached to an aromatic ring is 1. The first-order chi connectivity index (χ1) is 9.06. The van der Waals surface area contributed by atoms with Crippen LogP contribution in [0, 0.1) is 20.8 Å². The van der Waals surface area contributed by atoms with Crippen molar-refractivity contribution in [1.82, 2.24) is 9.55 Å². The van der Waals surface area contributed by atoms with Gasteiger partial charge in [-0.25, -0.2) is 4.98 Å². The van der Waals surface area contributed by atoms with Crippen molar-refractivity contribution in [2.24, 2.45) is 0 Å². The molecule has 3 heteroatoms. The van der Waals surface area contributed by atoms with Crippen molar-refractivity contribution < 1.29 is 0 Å². The molecule has 0 fully saturated rings. The van der Waals surface area contributed by atoms with Crippen LogP contribution in [0.4, 0.5) is 5.95 Å². The van der Waals surface area contributed by atoms with Crippen LogP contribution in [-0.4, -0.2) is 9.55 Å². The van der Waals surface area contributed by atoms with Crippen LogP contribution >= 0.6 is 0 Å². The first-order valence-electron chi connectivity index (χ1n) is 6.38. The van der Waals surface area contributed by atoms with E-state index in [1.165, 1.54) is 16.7 Å².